The molecule has 1 amide bonds. The van der Waals surface area contributed by atoms with Crippen LogP contribution < -0.4 is 5.32 Å². The number of hydrogen-bond acceptors (Lipinski definition) is 5. The maximum absolute atomic E-state index is 12.0. The zero-order valence-electron chi connectivity index (χ0n) is 11.6. The predicted molar refractivity (Wildman–Crippen MR) is 76.9 cm³/mol. The molecule has 0 saturated carbocycles. The Morgan fingerprint density at radius 3 is 2.95 bits per heavy atom. The number of rotatable bonds is 4. The maximum Gasteiger partial charge on any atom is 0.321 e. The Hall–Kier alpha value is -1.47. The van der Waals surface area contributed by atoms with Gasteiger partial charge in [0, 0.05) is 5.38 Å². The van der Waals surface area contributed by atoms with Crippen LogP contribution in [0.1, 0.15) is 25.5 Å². The molecule has 7 heteroatoms. The van der Waals surface area contributed by atoms with Gasteiger partial charge in [-0.1, -0.05) is 6.92 Å². The summed E-state index contributed by atoms with van der Waals surface area (Å²) in [5, 5.41) is 14.4. The third-order valence-electron chi connectivity index (χ3n) is 3.50. The largest absolute Gasteiger partial charge is 0.480 e. The first-order chi connectivity index (χ1) is 9.47. The van der Waals surface area contributed by atoms with Gasteiger partial charge in [0.2, 0.25) is 5.91 Å². The number of anilines is 1. The van der Waals surface area contributed by atoms with Gasteiger partial charge in [0.1, 0.15) is 6.04 Å². The van der Waals surface area contributed by atoms with E-state index >= 15 is 0 Å². The number of amides is 1. The first-order valence-corrected chi connectivity index (χ1v) is 7.54. The number of carboxylic acids is 1. The summed E-state index contributed by atoms with van der Waals surface area (Å²) in [6.45, 7) is 4.53. The first kappa shape index (κ1) is 14.9. The lowest BCUT2D eigenvalue weighted by atomic mass is 9.91. The molecule has 1 aromatic heterocycles. The number of carboxylic acid groups (broad SMARTS) is 1. The van der Waals surface area contributed by atoms with Crippen molar-refractivity contribution in [3.63, 3.8) is 0 Å². The molecular weight excluding hydrogens is 278 g/mol. The second-order valence-electron chi connectivity index (χ2n) is 5.22. The summed E-state index contributed by atoms with van der Waals surface area (Å²) in [5.74, 6) is -0.994. The highest BCUT2D eigenvalue weighted by atomic mass is 32.1. The Kier molecular flexibility index (Phi) is 4.72. The molecule has 6 nitrogen and oxygen atoms in total. The van der Waals surface area contributed by atoms with Crippen LogP contribution in [0.5, 0.6) is 0 Å². The molecule has 0 spiro atoms. The zero-order chi connectivity index (χ0) is 14.7. The molecule has 2 atom stereocenters. The fourth-order valence-corrected chi connectivity index (χ4v) is 3.31. The fourth-order valence-electron chi connectivity index (χ4n) is 2.60. The number of nitrogens with one attached hydrogen (secondary N) is 1. The minimum atomic E-state index is -0.852. The van der Waals surface area contributed by atoms with Crippen LogP contribution in [-0.4, -0.2) is 46.0 Å². The molecule has 2 rings (SSSR count). The summed E-state index contributed by atoms with van der Waals surface area (Å²) < 4.78 is 0. The normalized spacial score (nSPS) is 23.5. The van der Waals surface area contributed by atoms with Crippen molar-refractivity contribution in [3.05, 3.63) is 11.1 Å². The van der Waals surface area contributed by atoms with Crippen molar-refractivity contribution < 1.29 is 14.7 Å². The molecule has 2 unspecified atom stereocenters. The summed E-state index contributed by atoms with van der Waals surface area (Å²) >= 11 is 1.37. The van der Waals surface area contributed by atoms with Crippen molar-refractivity contribution in [1.82, 2.24) is 9.88 Å². The molecule has 1 aliphatic heterocycles. The molecule has 1 aliphatic rings. The summed E-state index contributed by atoms with van der Waals surface area (Å²) in [4.78, 5) is 29.2. The molecule has 1 saturated heterocycles. The number of hydrogen-bond donors (Lipinski definition) is 2. The predicted octanol–water partition coefficient (Wildman–Crippen LogP) is 1.58. The number of likely N-dealkylation sites (tertiary alicyclic amines) is 1. The average molecular weight is 297 g/mol. The van der Waals surface area contributed by atoms with Gasteiger partial charge in [-0.2, -0.15) is 0 Å². The van der Waals surface area contributed by atoms with Crippen LogP contribution in [0.4, 0.5) is 5.13 Å². The van der Waals surface area contributed by atoms with Gasteiger partial charge in [-0.05, 0) is 32.2 Å². The molecular formula is C13H19N3O3S. The highest BCUT2D eigenvalue weighted by Gasteiger charge is 2.35. The van der Waals surface area contributed by atoms with E-state index in [-0.39, 0.29) is 18.4 Å². The minimum absolute atomic E-state index is 0.0659. The summed E-state index contributed by atoms with van der Waals surface area (Å²) in [5.41, 5.74) is 0.861. The molecule has 110 valence electrons. The molecule has 0 aromatic carbocycles. The second-order valence-corrected chi connectivity index (χ2v) is 6.07. The average Bonchev–Trinajstić information content (AvgIpc) is 2.74. The van der Waals surface area contributed by atoms with Gasteiger partial charge in [0.25, 0.3) is 0 Å². The maximum atomic E-state index is 12.0. The summed E-state index contributed by atoms with van der Waals surface area (Å²) in [7, 11) is 0. The van der Waals surface area contributed by atoms with Gasteiger partial charge in [-0.3, -0.25) is 14.5 Å². The number of piperidine rings is 1. The Labute approximate surface area is 121 Å². The number of carbonyl (C=O) groups excluding carboxylic acids is 1. The van der Waals surface area contributed by atoms with E-state index in [4.69, 9.17) is 0 Å². The second kappa shape index (κ2) is 6.32. The lowest BCUT2D eigenvalue weighted by Crippen LogP contribution is -2.51. The third-order valence-corrected chi connectivity index (χ3v) is 4.38. The van der Waals surface area contributed by atoms with Crippen LogP contribution in [0.25, 0.3) is 0 Å². The zero-order valence-corrected chi connectivity index (χ0v) is 12.4. The van der Waals surface area contributed by atoms with Crippen LogP contribution in [0.2, 0.25) is 0 Å². The highest BCUT2D eigenvalue weighted by Crippen LogP contribution is 2.23. The number of carbonyl (C=O) groups is 2. The molecule has 2 heterocycles. The van der Waals surface area contributed by atoms with Crippen LogP contribution in [-0.2, 0) is 9.59 Å². The van der Waals surface area contributed by atoms with E-state index < -0.39 is 12.0 Å². The van der Waals surface area contributed by atoms with Crippen LogP contribution >= 0.6 is 11.3 Å². The SMILES string of the molecule is Cc1csc(NC(=O)CN2CCCC(C)C2C(=O)O)n1. The quantitative estimate of drug-likeness (QED) is 0.881. The topological polar surface area (TPSA) is 82.5 Å². The monoisotopic (exact) mass is 297 g/mol. The van der Waals surface area contributed by atoms with E-state index in [0.29, 0.717) is 11.7 Å². The number of aliphatic carboxylic acids is 1. The van der Waals surface area contributed by atoms with Gasteiger partial charge in [0.15, 0.2) is 5.13 Å². The van der Waals surface area contributed by atoms with Gasteiger partial charge < -0.3 is 10.4 Å². The van der Waals surface area contributed by atoms with E-state index in [2.05, 4.69) is 10.3 Å². The van der Waals surface area contributed by atoms with Crippen LogP contribution in [0.15, 0.2) is 5.38 Å². The highest BCUT2D eigenvalue weighted by molar-refractivity contribution is 7.13. The van der Waals surface area contributed by atoms with Crippen molar-refractivity contribution in [1.29, 1.82) is 0 Å². The van der Waals surface area contributed by atoms with Gasteiger partial charge >= 0.3 is 5.97 Å². The number of aromatic nitrogens is 1. The molecule has 2 N–H and O–H groups in total. The fraction of sp³-hybridized carbons (Fsp3) is 0.615. The number of aryl methyl sites for hydroxylation is 1. The molecule has 20 heavy (non-hydrogen) atoms. The summed E-state index contributed by atoms with van der Waals surface area (Å²) in [6.07, 6.45) is 1.81. The number of thiazole rings is 1. The molecule has 1 aromatic rings. The standard InChI is InChI=1S/C13H19N3O3S/c1-8-4-3-5-16(11(8)12(18)19)6-10(17)15-13-14-9(2)7-20-13/h7-8,11H,3-6H2,1-2H3,(H,18,19)(H,14,15,17). The molecule has 0 radical (unpaired) electrons. The van der Waals surface area contributed by atoms with Gasteiger partial charge in [0.05, 0.1) is 12.2 Å². The van der Waals surface area contributed by atoms with Crippen molar-refractivity contribution in [3.8, 4) is 0 Å². The van der Waals surface area contributed by atoms with Gasteiger partial charge in [-0.25, -0.2) is 4.98 Å². The van der Waals surface area contributed by atoms with Gasteiger partial charge in [-0.15, -0.1) is 11.3 Å². The lowest BCUT2D eigenvalue weighted by Gasteiger charge is -2.36. The lowest BCUT2D eigenvalue weighted by molar-refractivity contribution is -0.147. The Morgan fingerprint density at radius 2 is 2.35 bits per heavy atom. The summed E-state index contributed by atoms with van der Waals surface area (Å²) in [6, 6.07) is -0.576. The van der Waals surface area contributed by atoms with E-state index in [0.717, 1.165) is 18.5 Å². The molecule has 0 bridgehead atoms. The number of nitrogens with zero attached hydrogens (tertiary/aromatic N) is 2. The van der Waals surface area contributed by atoms with Crippen molar-refractivity contribution >= 4 is 28.3 Å². The van der Waals surface area contributed by atoms with Crippen molar-refractivity contribution in [2.24, 2.45) is 5.92 Å². The molecule has 1 fully saturated rings. The Balaban J connectivity index is 1.96. The van der Waals surface area contributed by atoms with E-state index in [1.165, 1.54) is 11.3 Å². The third kappa shape index (κ3) is 3.55. The van der Waals surface area contributed by atoms with Crippen molar-refractivity contribution in [2.45, 2.75) is 32.7 Å². The van der Waals surface area contributed by atoms with Crippen LogP contribution in [0, 0.1) is 12.8 Å². The van der Waals surface area contributed by atoms with E-state index in [1.54, 1.807) is 4.90 Å². The Morgan fingerprint density at radius 1 is 1.60 bits per heavy atom. The Bertz CT molecular complexity index is 503. The smallest absolute Gasteiger partial charge is 0.321 e. The van der Waals surface area contributed by atoms with Crippen LogP contribution in [0.3, 0.4) is 0 Å². The minimum Gasteiger partial charge on any atom is -0.480 e. The first-order valence-electron chi connectivity index (χ1n) is 6.66. The van der Waals surface area contributed by atoms with E-state index in [1.807, 2.05) is 19.2 Å². The molecule has 0 aliphatic carbocycles. The van der Waals surface area contributed by atoms with E-state index in [9.17, 15) is 14.7 Å². The van der Waals surface area contributed by atoms with Crippen molar-refractivity contribution in [2.75, 3.05) is 18.4 Å².